The third kappa shape index (κ3) is 6.13. The highest BCUT2D eigenvalue weighted by atomic mass is 35.5. The van der Waals surface area contributed by atoms with Gasteiger partial charge < -0.3 is 15.5 Å². The number of hydrogen-bond donors (Lipinski definition) is 2. The summed E-state index contributed by atoms with van der Waals surface area (Å²) in [5, 5.41) is 6.41. The number of carbonyl (C=O) groups is 1. The zero-order valence-corrected chi connectivity index (χ0v) is 14.9. The van der Waals surface area contributed by atoms with Crippen LogP contribution in [0.1, 0.15) is 17.5 Å². The summed E-state index contributed by atoms with van der Waals surface area (Å²) in [6.07, 6.45) is 1.86. The van der Waals surface area contributed by atoms with Crippen molar-refractivity contribution in [3.63, 3.8) is 0 Å². The normalized spacial score (nSPS) is 10.3. The summed E-state index contributed by atoms with van der Waals surface area (Å²) in [6, 6.07) is 15.8. The van der Waals surface area contributed by atoms with Gasteiger partial charge in [-0.25, -0.2) is 4.79 Å². The van der Waals surface area contributed by atoms with Gasteiger partial charge in [0.1, 0.15) is 0 Å². The number of hydrogen-bond acceptors (Lipinski definition) is 2. The molecule has 0 saturated carbocycles. The van der Waals surface area contributed by atoms with E-state index in [1.54, 1.807) is 0 Å². The van der Waals surface area contributed by atoms with Crippen molar-refractivity contribution in [1.29, 1.82) is 0 Å². The van der Waals surface area contributed by atoms with E-state index in [9.17, 15) is 4.79 Å². The molecule has 2 aromatic carbocycles. The number of anilines is 1. The lowest BCUT2D eigenvalue weighted by Gasteiger charge is -2.12. The highest BCUT2D eigenvalue weighted by Crippen LogP contribution is 2.13. The van der Waals surface area contributed by atoms with Crippen molar-refractivity contribution in [2.45, 2.75) is 19.4 Å². The van der Waals surface area contributed by atoms with Crippen molar-refractivity contribution in [1.82, 2.24) is 10.6 Å². The summed E-state index contributed by atoms with van der Waals surface area (Å²) in [4.78, 5) is 13.8. The summed E-state index contributed by atoms with van der Waals surface area (Å²) in [5.74, 6) is 0. The van der Waals surface area contributed by atoms with Crippen molar-refractivity contribution in [3.8, 4) is 0 Å². The number of urea groups is 1. The Morgan fingerprint density at radius 1 is 0.958 bits per heavy atom. The molecule has 0 aliphatic rings. The van der Waals surface area contributed by atoms with Crippen molar-refractivity contribution < 1.29 is 4.79 Å². The Hall–Kier alpha value is -2.20. The lowest BCUT2D eigenvalue weighted by Crippen LogP contribution is -2.35. The van der Waals surface area contributed by atoms with Gasteiger partial charge in [0.2, 0.25) is 0 Å². The van der Waals surface area contributed by atoms with Crippen LogP contribution in [0, 0.1) is 0 Å². The van der Waals surface area contributed by atoms with Crippen molar-refractivity contribution in [3.05, 3.63) is 64.7 Å². The number of amides is 2. The summed E-state index contributed by atoms with van der Waals surface area (Å²) >= 11 is 5.83. The van der Waals surface area contributed by atoms with Gasteiger partial charge in [0.05, 0.1) is 0 Å². The molecular weight excluding hydrogens is 322 g/mol. The first-order chi connectivity index (χ1) is 11.5. The highest BCUT2D eigenvalue weighted by Gasteiger charge is 2.01. The Kier molecular flexibility index (Phi) is 6.94. The maximum atomic E-state index is 11.8. The Bertz CT molecular complexity index is 639. The van der Waals surface area contributed by atoms with E-state index in [0.717, 1.165) is 18.4 Å². The molecule has 0 heterocycles. The first kappa shape index (κ1) is 18.1. The predicted octanol–water partition coefficient (Wildman–Crippen LogP) is 3.84. The maximum absolute atomic E-state index is 11.8. The molecule has 0 radical (unpaired) electrons. The summed E-state index contributed by atoms with van der Waals surface area (Å²) in [7, 11) is 4.06. The van der Waals surface area contributed by atoms with E-state index in [2.05, 4.69) is 39.8 Å². The minimum Gasteiger partial charge on any atom is -0.378 e. The molecule has 128 valence electrons. The predicted molar refractivity (Wildman–Crippen MR) is 101 cm³/mol. The van der Waals surface area contributed by atoms with Crippen LogP contribution < -0.4 is 15.5 Å². The molecule has 0 atom stereocenters. The third-order valence-corrected chi connectivity index (χ3v) is 4.00. The molecule has 0 aliphatic carbocycles. The van der Waals surface area contributed by atoms with Gasteiger partial charge >= 0.3 is 6.03 Å². The molecule has 5 heteroatoms. The molecule has 0 fully saturated rings. The van der Waals surface area contributed by atoms with Crippen molar-refractivity contribution >= 4 is 23.3 Å². The summed E-state index contributed by atoms with van der Waals surface area (Å²) in [6.45, 7) is 1.15. The van der Waals surface area contributed by atoms with Crippen LogP contribution in [0.4, 0.5) is 10.5 Å². The van der Waals surface area contributed by atoms with Gasteiger partial charge in [-0.15, -0.1) is 0 Å². The van der Waals surface area contributed by atoms with Crippen LogP contribution in [0.2, 0.25) is 5.02 Å². The minimum absolute atomic E-state index is 0.145. The minimum atomic E-state index is -0.145. The van der Waals surface area contributed by atoms with E-state index in [-0.39, 0.29) is 6.03 Å². The molecule has 2 rings (SSSR count). The zero-order valence-electron chi connectivity index (χ0n) is 14.2. The second-order valence-corrected chi connectivity index (χ2v) is 6.34. The maximum Gasteiger partial charge on any atom is 0.315 e. The second kappa shape index (κ2) is 9.18. The van der Waals surface area contributed by atoms with Gasteiger partial charge in [-0.05, 0) is 48.2 Å². The third-order valence-electron chi connectivity index (χ3n) is 3.75. The molecule has 4 nitrogen and oxygen atoms in total. The Balaban J connectivity index is 1.63. The number of benzene rings is 2. The number of rotatable bonds is 7. The van der Waals surface area contributed by atoms with Gasteiger partial charge in [-0.1, -0.05) is 35.9 Å². The van der Waals surface area contributed by atoms with E-state index < -0.39 is 0 Å². The van der Waals surface area contributed by atoms with Gasteiger partial charge in [-0.3, -0.25) is 0 Å². The van der Waals surface area contributed by atoms with Crippen LogP contribution in [0.3, 0.4) is 0 Å². The Morgan fingerprint density at radius 2 is 1.58 bits per heavy atom. The van der Waals surface area contributed by atoms with Crippen LogP contribution in [0.25, 0.3) is 0 Å². The van der Waals surface area contributed by atoms with E-state index in [4.69, 9.17) is 11.6 Å². The fraction of sp³-hybridized carbons (Fsp3) is 0.316. The molecular formula is C19H24ClN3O. The van der Waals surface area contributed by atoms with Crippen molar-refractivity contribution in [2.75, 3.05) is 25.5 Å². The van der Waals surface area contributed by atoms with Crippen LogP contribution in [0.15, 0.2) is 48.5 Å². The second-order valence-electron chi connectivity index (χ2n) is 5.90. The molecule has 24 heavy (non-hydrogen) atoms. The van der Waals surface area contributed by atoms with Crippen LogP contribution >= 0.6 is 11.6 Å². The fourth-order valence-corrected chi connectivity index (χ4v) is 2.43. The lowest BCUT2D eigenvalue weighted by molar-refractivity contribution is 0.240. The number of aryl methyl sites for hydroxylation is 1. The number of halogens is 1. The monoisotopic (exact) mass is 345 g/mol. The molecule has 0 unspecified atom stereocenters. The molecule has 0 bridgehead atoms. The average molecular weight is 346 g/mol. The molecule has 0 spiro atoms. The quantitative estimate of drug-likeness (QED) is 0.749. The molecule has 0 aromatic heterocycles. The van der Waals surface area contributed by atoms with Gasteiger partial charge in [0, 0.05) is 37.9 Å². The highest BCUT2D eigenvalue weighted by molar-refractivity contribution is 6.30. The van der Waals surface area contributed by atoms with E-state index >= 15 is 0 Å². The van der Waals surface area contributed by atoms with Gasteiger partial charge in [0.25, 0.3) is 0 Å². The molecule has 0 saturated heterocycles. The largest absolute Gasteiger partial charge is 0.378 e. The standard InChI is InChI=1S/C19H24ClN3O/c1-23(2)18-11-7-15(8-12-18)4-3-13-21-19(24)22-14-16-5-9-17(20)10-6-16/h5-12H,3-4,13-14H2,1-2H3,(H2,21,22,24). The fourth-order valence-electron chi connectivity index (χ4n) is 2.30. The Labute approximate surface area is 148 Å². The van der Waals surface area contributed by atoms with Crippen molar-refractivity contribution in [2.24, 2.45) is 0 Å². The zero-order chi connectivity index (χ0) is 17.4. The van der Waals surface area contributed by atoms with E-state index in [0.29, 0.717) is 18.1 Å². The van der Waals surface area contributed by atoms with Gasteiger partial charge in [-0.2, -0.15) is 0 Å². The van der Waals surface area contributed by atoms with Crippen LogP contribution in [-0.2, 0) is 13.0 Å². The summed E-state index contributed by atoms with van der Waals surface area (Å²) < 4.78 is 0. The van der Waals surface area contributed by atoms with E-state index in [1.807, 2.05) is 38.4 Å². The molecule has 0 aliphatic heterocycles. The molecule has 2 aromatic rings. The topological polar surface area (TPSA) is 44.4 Å². The molecule has 2 amide bonds. The summed E-state index contributed by atoms with van der Waals surface area (Å²) in [5.41, 5.74) is 3.50. The average Bonchev–Trinajstić information content (AvgIpc) is 2.58. The molecule has 2 N–H and O–H groups in total. The first-order valence-corrected chi connectivity index (χ1v) is 8.45. The number of carbonyl (C=O) groups excluding carboxylic acids is 1. The van der Waals surface area contributed by atoms with E-state index in [1.165, 1.54) is 11.3 Å². The van der Waals surface area contributed by atoms with Crippen LogP contribution in [0.5, 0.6) is 0 Å². The smallest absolute Gasteiger partial charge is 0.315 e. The first-order valence-electron chi connectivity index (χ1n) is 8.07. The number of nitrogens with one attached hydrogen (secondary N) is 2. The van der Waals surface area contributed by atoms with Crippen LogP contribution in [-0.4, -0.2) is 26.7 Å². The number of nitrogens with zero attached hydrogens (tertiary/aromatic N) is 1. The van der Waals surface area contributed by atoms with Gasteiger partial charge in [0.15, 0.2) is 0 Å². The Morgan fingerprint density at radius 3 is 2.21 bits per heavy atom. The lowest BCUT2D eigenvalue weighted by atomic mass is 10.1. The SMILES string of the molecule is CN(C)c1ccc(CCCNC(=O)NCc2ccc(Cl)cc2)cc1.